The number of nitrogens with two attached hydrogens (primary N) is 1. The zero-order chi connectivity index (χ0) is 10.6. The molecule has 0 aromatic carbocycles. The Kier molecular flexibility index (Phi) is 1.55. The molecule has 1 aliphatic carbocycles. The van der Waals surface area contributed by atoms with Gasteiger partial charge < -0.3 is 10.1 Å². The second kappa shape index (κ2) is 2.61. The minimum atomic E-state index is 0.214. The first-order valence-electron chi connectivity index (χ1n) is 5.30. The van der Waals surface area contributed by atoms with E-state index in [2.05, 4.69) is 29.4 Å². The van der Waals surface area contributed by atoms with Gasteiger partial charge in [0.1, 0.15) is 5.65 Å². The van der Waals surface area contributed by atoms with Crippen molar-refractivity contribution in [3.05, 3.63) is 36.3 Å². The molecule has 0 spiro atoms. The van der Waals surface area contributed by atoms with Crippen LogP contribution >= 0.6 is 0 Å². The van der Waals surface area contributed by atoms with Crippen molar-refractivity contribution in [3.63, 3.8) is 0 Å². The number of pyridine rings is 1. The second-order valence-corrected chi connectivity index (χ2v) is 4.94. The Morgan fingerprint density at radius 3 is 2.80 bits per heavy atom. The summed E-state index contributed by atoms with van der Waals surface area (Å²) in [5.41, 5.74) is 8.54. The van der Waals surface area contributed by atoms with Crippen LogP contribution in [0, 0.1) is 5.41 Å². The van der Waals surface area contributed by atoms with Crippen LogP contribution in [0.15, 0.2) is 30.6 Å². The number of hydrogen-bond donors (Lipinski definition) is 1. The van der Waals surface area contributed by atoms with Gasteiger partial charge in [0.05, 0.1) is 0 Å². The molecule has 15 heavy (non-hydrogen) atoms. The van der Waals surface area contributed by atoms with Crippen LogP contribution in [0.1, 0.15) is 25.5 Å². The van der Waals surface area contributed by atoms with Gasteiger partial charge in [-0.3, -0.25) is 0 Å². The summed E-state index contributed by atoms with van der Waals surface area (Å²) in [7, 11) is 0. The van der Waals surface area contributed by atoms with Crippen molar-refractivity contribution >= 4 is 5.65 Å². The van der Waals surface area contributed by atoms with Gasteiger partial charge in [0.15, 0.2) is 0 Å². The molecule has 2 N–H and O–H groups in total. The molecule has 0 saturated heterocycles. The number of aromatic nitrogens is 2. The van der Waals surface area contributed by atoms with E-state index in [-0.39, 0.29) is 11.5 Å². The van der Waals surface area contributed by atoms with Crippen molar-refractivity contribution in [2.45, 2.75) is 25.8 Å². The molecule has 2 aromatic heterocycles. The second-order valence-electron chi connectivity index (χ2n) is 4.94. The van der Waals surface area contributed by atoms with Crippen molar-refractivity contribution < 1.29 is 0 Å². The Labute approximate surface area is 88.9 Å². The van der Waals surface area contributed by atoms with Gasteiger partial charge in [-0.2, -0.15) is 0 Å². The fraction of sp³-hybridized carbons (Fsp3) is 0.417. The van der Waals surface area contributed by atoms with Gasteiger partial charge in [0.2, 0.25) is 0 Å². The number of rotatable bonds is 1. The molecule has 0 bridgehead atoms. The van der Waals surface area contributed by atoms with Gasteiger partial charge in [-0.05, 0) is 17.5 Å². The van der Waals surface area contributed by atoms with Gasteiger partial charge in [-0.25, -0.2) is 4.98 Å². The molecule has 2 atom stereocenters. The monoisotopic (exact) mass is 201 g/mol. The average Bonchev–Trinajstić information content (AvgIpc) is 2.63. The van der Waals surface area contributed by atoms with E-state index < -0.39 is 0 Å². The van der Waals surface area contributed by atoms with Gasteiger partial charge in [-0.15, -0.1) is 0 Å². The fourth-order valence-electron chi connectivity index (χ4n) is 2.42. The van der Waals surface area contributed by atoms with Crippen molar-refractivity contribution in [2.75, 3.05) is 0 Å². The Morgan fingerprint density at radius 2 is 2.13 bits per heavy atom. The highest BCUT2D eigenvalue weighted by atomic mass is 15.0. The Hall–Kier alpha value is -1.35. The highest BCUT2D eigenvalue weighted by Crippen LogP contribution is 2.57. The van der Waals surface area contributed by atoms with Crippen molar-refractivity contribution in [1.82, 2.24) is 9.38 Å². The molecule has 3 heteroatoms. The lowest BCUT2D eigenvalue weighted by Gasteiger charge is -2.02. The third kappa shape index (κ3) is 1.07. The predicted molar refractivity (Wildman–Crippen MR) is 59.7 cm³/mol. The Bertz CT molecular complexity index is 512. The van der Waals surface area contributed by atoms with E-state index in [4.69, 9.17) is 5.73 Å². The van der Waals surface area contributed by atoms with Crippen LogP contribution < -0.4 is 5.73 Å². The maximum atomic E-state index is 6.09. The number of imidazole rings is 1. The summed E-state index contributed by atoms with van der Waals surface area (Å²) >= 11 is 0. The molecule has 1 fully saturated rings. The first-order chi connectivity index (χ1) is 7.12. The standard InChI is InChI=1S/C12H15N3/c1-12(2)10(11(12)13)8-7-14-9-5-3-4-6-15(8)9/h3-7,10-11H,13H2,1-2H3/t10-,11-/m0/s1. The van der Waals surface area contributed by atoms with Gasteiger partial charge in [0.25, 0.3) is 0 Å². The topological polar surface area (TPSA) is 43.3 Å². The minimum absolute atomic E-state index is 0.214. The lowest BCUT2D eigenvalue weighted by molar-refractivity contribution is 0.594. The molecule has 0 radical (unpaired) electrons. The van der Waals surface area contributed by atoms with E-state index in [0.29, 0.717) is 5.92 Å². The third-order valence-electron chi connectivity index (χ3n) is 3.67. The molecule has 78 valence electrons. The molecule has 3 nitrogen and oxygen atoms in total. The Balaban J connectivity index is 2.14. The van der Waals surface area contributed by atoms with E-state index in [1.54, 1.807) is 0 Å². The average molecular weight is 201 g/mol. The summed E-state index contributed by atoms with van der Waals surface area (Å²) in [6, 6.07) is 6.31. The van der Waals surface area contributed by atoms with Crippen LogP contribution in [0.2, 0.25) is 0 Å². The third-order valence-corrected chi connectivity index (χ3v) is 3.67. The zero-order valence-corrected chi connectivity index (χ0v) is 9.01. The first-order valence-corrected chi connectivity index (χ1v) is 5.30. The maximum Gasteiger partial charge on any atom is 0.136 e. The van der Waals surface area contributed by atoms with E-state index >= 15 is 0 Å². The summed E-state index contributed by atoms with van der Waals surface area (Å²) in [5, 5.41) is 0. The number of hydrogen-bond acceptors (Lipinski definition) is 2. The van der Waals surface area contributed by atoms with Crippen LogP contribution in [0.4, 0.5) is 0 Å². The lowest BCUT2D eigenvalue weighted by Crippen LogP contribution is -2.06. The highest BCUT2D eigenvalue weighted by Gasteiger charge is 2.57. The predicted octanol–water partition coefficient (Wildman–Crippen LogP) is 1.78. The molecule has 0 amide bonds. The van der Waals surface area contributed by atoms with E-state index in [0.717, 1.165) is 5.65 Å². The van der Waals surface area contributed by atoms with Crippen LogP contribution in [-0.2, 0) is 0 Å². The molecule has 2 aromatic rings. The van der Waals surface area contributed by atoms with E-state index in [1.165, 1.54) is 5.69 Å². The zero-order valence-electron chi connectivity index (χ0n) is 9.01. The SMILES string of the molecule is CC1(C)[C@@H](N)[C@@H]1c1cnc2ccccn12. The molecular weight excluding hydrogens is 186 g/mol. The summed E-state index contributed by atoms with van der Waals surface area (Å²) < 4.78 is 2.14. The molecular formula is C12H15N3. The normalized spacial score (nSPS) is 28.2. The van der Waals surface area contributed by atoms with Gasteiger partial charge in [-0.1, -0.05) is 19.9 Å². The van der Waals surface area contributed by atoms with Gasteiger partial charge in [0, 0.05) is 30.0 Å². The summed E-state index contributed by atoms with van der Waals surface area (Å²) in [5.74, 6) is 0.440. The molecule has 0 unspecified atom stereocenters. The van der Waals surface area contributed by atoms with Crippen molar-refractivity contribution in [2.24, 2.45) is 11.1 Å². The largest absolute Gasteiger partial charge is 0.327 e. The fourth-order valence-corrected chi connectivity index (χ4v) is 2.42. The van der Waals surface area contributed by atoms with Crippen LogP contribution in [0.3, 0.4) is 0 Å². The molecule has 1 saturated carbocycles. The van der Waals surface area contributed by atoms with Crippen LogP contribution in [0.25, 0.3) is 5.65 Å². The summed E-state index contributed by atoms with van der Waals surface area (Å²) in [6.07, 6.45) is 4.01. The first kappa shape index (κ1) is 8.92. The smallest absolute Gasteiger partial charge is 0.136 e. The van der Waals surface area contributed by atoms with Gasteiger partial charge >= 0.3 is 0 Å². The summed E-state index contributed by atoms with van der Waals surface area (Å²) in [4.78, 5) is 4.39. The molecule has 1 aliphatic rings. The minimum Gasteiger partial charge on any atom is -0.327 e. The molecule has 3 rings (SSSR count). The van der Waals surface area contributed by atoms with Crippen LogP contribution in [-0.4, -0.2) is 15.4 Å². The molecule has 2 heterocycles. The maximum absolute atomic E-state index is 6.09. The highest BCUT2D eigenvalue weighted by molar-refractivity contribution is 5.43. The summed E-state index contributed by atoms with van der Waals surface area (Å²) in [6.45, 7) is 4.43. The quantitative estimate of drug-likeness (QED) is 0.764. The van der Waals surface area contributed by atoms with Crippen LogP contribution in [0.5, 0.6) is 0 Å². The Morgan fingerprint density at radius 1 is 1.40 bits per heavy atom. The lowest BCUT2D eigenvalue weighted by atomic mass is 10.1. The van der Waals surface area contributed by atoms with E-state index in [1.807, 2.05) is 24.4 Å². The molecule has 0 aliphatic heterocycles. The number of nitrogens with zero attached hydrogens (tertiary/aromatic N) is 2. The van der Waals surface area contributed by atoms with Crippen molar-refractivity contribution in [3.8, 4) is 0 Å². The van der Waals surface area contributed by atoms with E-state index in [9.17, 15) is 0 Å². The number of fused-ring (bicyclic) bond motifs is 1. The van der Waals surface area contributed by atoms with Crippen molar-refractivity contribution in [1.29, 1.82) is 0 Å².